The van der Waals surface area contributed by atoms with Gasteiger partial charge in [-0.1, -0.05) is 24.3 Å². The lowest BCUT2D eigenvalue weighted by Crippen LogP contribution is -2.63. The highest BCUT2D eigenvalue weighted by molar-refractivity contribution is 9.10. The summed E-state index contributed by atoms with van der Waals surface area (Å²) >= 11 is 3.41. The second-order valence-corrected chi connectivity index (χ2v) is 15.1. The van der Waals surface area contributed by atoms with E-state index in [4.69, 9.17) is 14.2 Å². The number of halogens is 2. The molecule has 1 saturated carbocycles. The number of rotatable bonds is 13. The minimum atomic E-state index is -0.534. The maximum atomic E-state index is 14.9. The first-order valence-electron chi connectivity index (χ1n) is 18.1. The summed E-state index contributed by atoms with van der Waals surface area (Å²) < 4.78 is 31.3. The van der Waals surface area contributed by atoms with Crippen molar-refractivity contribution in [1.82, 2.24) is 20.4 Å². The Bertz CT molecular complexity index is 1800. The van der Waals surface area contributed by atoms with Crippen LogP contribution in [0, 0.1) is 5.82 Å². The van der Waals surface area contributed by atoms with Crippen LogP contribution in [0.25, 0.3) is 5.57 Å². The Morgan fingerprint density at radius 2 is 1.75 bits per heavy atom. The number of hydrogen-bond donors (Lipinski definition) is 3. The minimum Gasteiger partial charge on any atom is -0.497 e. The molecule has 4 aliphatic rings. The monoisotopic (exact) mass is 776 g/mol. The third kappa shape index (κ3) is 8.30. The van der Waals surface area contributed by atoms with E-state index in [1.165, 1.54) is 12.1 Å². The molecule has 3 aliphatic heterocycles. The van der Waals surface area contributed by atoms with E-state index in [1.807, 2.05) is 28.0 Å². The number of carbonyl (C=O) groups is 2. The first-order valence-corrected chi connectivity index (χ1v) is 18.9. The smallest absolute Gasteiger partial charge is 0.252 e. The van der Waals surface area contributed by atoms with Gasteiger partial charge in [0.05, 0.1) is 43.5 Å². The summed E-state index contributed by atoms with van der Waals surface area (Å²) in [4.78, 5) is 32.4. The fraction of sp³-hybridized carbons (Fsp3) is 0.450. The van der Waals surface area contributed by atoms with E-state index in [0.717, 1.165) is 47.9 Å². The molecule has 2 saturated heterocycles. The van der Waals surface area contributed by atoms with E-state index in [0.29, 0.717) is 72.9 Å². The van der Waals surface area contributed by atoms with Crippen LogP contribution in [0.5, 0.6) is 17.2 Å². The van der Waals surface area contributed by atoms with Gasteiger partial charge >= 0.3 is 0 Å². The maximum absolute atomic E-state index is 14.9. The van der Waals surface area contributed by atoms with E-state index in [-0.39, 0.29) is 35.8 Å². The molecule has 12 heteroatoms. The average Bonchev–Trinajstić information content (AvgIpc) is 3.91. The molecule has 3 fully saturated rings. The zero-order chi connectivity index (χ0) is 36.4. The Morgan fingerprint density at radius 3 is 2.42 bits per heavy atom. The summed E-state index contributed by atoms with van der Waals surface area (Å²) in [5, 5.41) is 17.0. The van der Waals surface area contributed by atoms with E-state index >= 15 is 0 Å². The lowest BCUT2D eigenvalue weighted by Gasteiger charge is -2.45. The summed E-state index contributed by atoms with van der Waals surface area (Å²) in [6.07, 6.45) is 3.87. The molecule has 0 aromatic heterocycles. The van der Waals surface area contributed by atoms with Crippen LogP contribution in [0.1, 0.15) is 48.8 Å². The lowest BCUT2D eigenvalue weighted by atomic mass is 9.82. The molecule has 3 aromatic carbocycles. The highest BCUT2D eigenvalue weighted by atomic mass is 79.9. The SMILES string of the molecule is COc1cc(CN(C(=O)C2=C(c3ccc(CCCOc4cc(F)ccc4Br)cc3)C[C@H]3CN(C(=O)[C@@H]4C[C@@H](O)CN4)C[C@@H]2N3)C2CC2)cc(OC)c1. The first kappa shape index (κ1) is 36.4. The zero-order valence-corrected chi connectivity index (χ0v) is 31.2. The van der Waals surface area contributed by atoms with Gasteiger partial charge in [0.2, 0.25) is 5.91 Å². The van der Waals surface area contributed by atoms with E-state index in [1.54, 1.807) is 20.3 Å². The number of amides is 2. The van der Waals surface area contributed by atoms with Gasteiger partial charge in [-0.25, -0.2) is 4.39 Å². The van der Waals surface area contributed by atoms with E-state index in [9.17, 15) is 19.1 Å². The standard InChI is InChI=1S/C40H46BrFN4O6/c1-50-31-14-25(15-32(19-31)51-2)21-46(29-10-11-29)40(49)38-33(17-28-22-45(23-36(38)44-28)39(48)35-18-30(47)20-43-35)26-7-5-24(6-8-26)4-3-13-52-37-16-27(42)9-12-34(37)41/h5-9,12,14-16,19,28-30,35-36,43-44,47H,3-4,10-11,13,17-18,20-23H2,1-2H3/t28-,30+,35-,36-/m0/s1. The molecule has 3 N–H and O–H groups in total. The molecular weight excluding hydrogens is 731 g/mol. The van der Waals surface area contributed by atoms with Crippen molar-refractivity contribution in [3.63, 3.8) is 0 Å². The number of nitrogens with zero attached hydrogens (tertiary/aromatic N) is 2. The van der Waals surface area contributed by atoms with Gasteiger partial charge in [-0.2, -0.15) is 0 Å². The number of nitrogens with one attached hydrogen (secondary N) is 2. The Labute approximate surface area is 312 Å². The van der Waals surface area contributed by atoms with E-state index in [2.05, 4.69) is 50.8 Å². The van der Waals surface area contributed by atoms with Crippen LogP contribution in [0.2, 0.25) is 0 Å². The van der Waals surface area contributed by atoms with Gasteiger partial charge < -0.3 is 39.8 Å². The number of hydrogen-bond acceptors (Lipinski definition) is 8. The van der Waals surface area contributed by atoms with Gasteiger partial charge in [-0.05, 0) is 101 Å². The molecule has 0 radical (unpaired) electrons. The summed E-state index contributed by atoms with van der Waals surface area (Å²) in [5.74, 6) is 1.43. The van der Waals surface area contributed by atoms with Crippen molar-refractivity contribution in [3.05, 3.63) is 93.2 Å². The second-order valence-electron chi connectivity index (χ2n) is 14.2. The van der Waals surface area contributed by atoms with Crippen molar-refractivity contribution in [1.29, 1.82) is 0 Å². The number of methoxy groups -OCH3 is 2. The number of benzene rings is 3. The summed E-state index contributed by atoms with van der Waals surface area (Å²) in [6, 6.07) is 17.9. The van der Waals surface area contributed by atoms with Crippen LogP contribution in [0.3, 0.4) is 0 Å². The van der Waals surface area contributed by atoms with Gasteiger partial charge in [0.1, 0.15) is 23.1 Å². The van der Waals surface area contributed by atoms with Crippen molar-refractivity contribution < 1.29 is 33.3 Å². The predicted molar refractivity (Wildman–Crippen MR) is 199 cm³/mol. The second kappa shape index (κ2) is 16.0. The Morgan fingerprint density at radius 1 is 1.00 bits per heavy atom. The highest BCUT2D eigenvalue weighted by Gasteiger charge is 2.44. The molecule has 1 aliphatic carbocycles. The normalized spacial score (nSPS) is 22.7. The predicted octanol–water partition coefficient (Wildman–Crippen LogP) is 4.86. The molecule has 3 aromatic rings. The largest absolute Gasteiger partial charge is 0.497 e. The van der Waals surface area contributed by atoms with Crippen molar-refractivity contribution in [2.24, 2.45) is 0 Å². The number of aliphatic hydroxyl groups excluding tert-OH is 1. The molecule has 52 heavy (non-hydrogen) atoms. The first-order chi connectivity index (χ1) is 25.2. The minimum absolute atomic E-state index is 0.0171. The van der Waals surface area contributed by atoms with Crippen molar-refractivity contribution in [2.45, 2.75) is 75.3 Å². The van der Waals surface area contributed by atoms with Crippen molar-refractivity contribution >= 4 is 33.3 Å². The molecule has 7 rings (SSSR count). The molecule has 0 unspecified atom stereocenters. The molecular formula is C40H46BrFN4O6. The molecule has 276 valence electrons. The molecule has 2 bridgehead atoms. The Hall–Kier alpha value is -3.97. The maximum Gasteiger partial charge on any atom is 0.252 e. The number of piperazine rings is 1. The fourth-order valence-corrected chi connectivity index (χ4v) is 8.01. The topological polar surface area (TPSA) is 113 Å². The van der Waals surface area contributed by atoms with Gasteiger partial charge in [0, 0.05) is 56.0 Å². The molecule has 2 amide bonds. The zero-order valence-electron chi connectivity index (χ0n) is 29.6. The quantitative estimate of drug-likeness (QED) is 0.211. The Balaban J connectivity index is 1.14. The number of aliphatic hydroxyl groups is 1. The van der Waals surface area contributed by atoms with Crippen LogP contribution in [-0.2, 0) is 22.6 Å². The van der Waals surface area contributed by atoms with Gasteiger partial charge in [-0.3, -0.25) is 9.59 Å². The molecule has 4 atom stereocenters. The average molecular weight is 778 g/mol. The van der Waals surface area contributed by atoms with Crippen LogP contribution < -0.4 is 24.8 Å². The fourth-order valence-electron chi connectivity index (χ4n) is 7.65. The third-order valence-corrected chi connectivity index (χ3v) is 11.1. The number of β-amino-alcohol motifs (C(OH)–C–C–N with tert-alkyl or cyclic N) is 1. The number of aryl methyl sites for hydroxylation is 1. The Kier molecular flexibility index (Phi) is 11.2. The lowest BCUT2D eigenvalue weighted by molar-refractivity contribution is -0.136. The van der Waals surface area contributed by atoms with Crippen molar-refractivity contribution in [2.75, 3.05) is 40.5 Å². The van der Waals surface area contributed by atoms with Gasteiger partial charge in [0.25, 0.3) is 5.91 Å². The molecule has 0 spiro atoms. The summed E-state index contributed by atoms with van der Waals surface area (Å²) in [7, 11) is 3.24. The summed E-state index contributed by atoms with van der Waals surface area (Å²) in [6.45, 7) is 2.17. The number of fused-ring (bicyclic) bond motifs is 2. The molecule has 10 nitrogen and oxygen atoms in total. The summed E-state index contributed by atoms with van der Waals surface area (Å²) in [5.41, 5.74) is 4.78. The van der Waals surface area contributed by atoms with Gasteiger partial charge in [-0.15, -0.1) is 0 Å². The van der Waals surface area contributed by atoms with Crippen LogP contribution >= 0.6 is 15.9 Å². The number of ether oxygens (including phenoxy) is 3. The molecule has 3 heterocycles. The van der Waals surface area contributed by atoms with Crippen LogP contribution in [0.15, 0.2) is 70.7 Å². The number of carbonyl (C=O) groups excluding carboxylic acids is 2. The van der Waals surface area contributed by atoms with E-state index < -0.39 is 12.1 Å². The van der Waals surface area contributed by atoms with Crippen molar-refractivity contribution in [3.8, 4) is 17.2 Å². The highest BCUT2D eigenvalue weighted by Crippen LogP contribution is 2.38. The van der Waals surface area contributed by atoms with Gasteiger partial charge in [0.15, 0.2) is 0 Å². The third-order valence-electron chi connectivity index (χ3n) is 10.4. The van der Waals surface area contributed by atoms with Crippen LogP contribution in [-0.4, -0.2) is 97.5 Å². The van der Waals surface area contributed by atoms with Crippen LogP contribution in [0.4, 0.5) is 4.39 Å².